The summed E-state index contributed by atoms with van der Waals surface area (Å²) in [6.45, 7) is 4.28. The summed E-state index contributed by atoms with van der Waals surface area (Å²) in [6, 6.07) is 14.2. The topological polar surface area (TPSA) is 18.5 Å². The Morgan fingerprint density at radius 2 is 1.57 bits per heavy atom. The molecule has 0 N–H and O–H groups in total. The number of halogens is 1. The Hall–Kier alpha value is -2.19. The van der Waals surface area contributed by atoms with Gasteiger partial charge in [-0.1, -0.05) is 24.8 Å². The Bertz CT molecular complexity index is 773. The van der Waals surface area contributed by atoms with E-state index < -0.39 is 0 Å². The van der Waals surface area contributed by atoms with Crippen molar-refractivity contribution in [1.82, 2.24) is 0 Å². The maximum Gasteiger partial charge on any atom is 0.119 e. The molecule has 0 fully saturated rings. The van der Waals surface area contributed by atoms with E-state index in [1.54, 1.807) is 14.2 Å². The summed E-state index contributed by atoms with van der Waals surface area (Å²) in [5.41, 5.74) is 6.89. The molecule has 0 radical (unpaired) electrons. The molecule has 1 aliphatic carbocycles. The summed E-state index contributed by atoms with van der Waals surface area (Å²) in [5.74, 6) is 2.25. The van der Waals surface area contributed by atoms with E-state index in [1.165, 1.54) is 16.7 Å². The van der Waals surface area contributed by atoms with Crippen molar-refractivity contribution in [3.63, 3.8) is 0 Å². The second kappa shape index (κ2) is 6.51. The standard InChI is InChI=1S/C20H19ClO2/c1-13-17(10-11-21)20(14-4-6-15(22-2)7-5-14)18-9-8-16(23-3)12-19(13)18/h4-9,12H,1,10-11H2,2-3H3. The van der Waals surface area contributed by atoms with Crippen molar-refractivity contribution in [2.45, 2.75) is 6.42 Å². The van der Waals surface area contributed by atoms with Crippen LogP contribution in [0.3, 0.4) is 0 Å². The maximum absolute atomic E-state index is 6.03. The number of rotatable bonds is 5. The lowest BCUT2D eigenvalue weighted by molar-refractivity contribution is 0.414. The molecule has 0 bridgehead atoms. The first-order valence-electron chi connectivity index (χ1n) is 7.51. The van der Waals surface area contributed by atoms with Gasteiger partial charge in [0.25, 0.3) is 0 Å². The van der Waals surface area contributed by atoms with Gasteiger partial charge < -0.3 is 9.47 Å². The normalized spacial score (nSPS) is 13.3. The summed E-state index contributed by atoms with van der Waals surface area (Å²) in [6.07, 6.45) is 0.790. The molecule has 0 unspecified atom stereocenters. The number of hydrogen-bond acceptors (Lipinski definition) is 2. The van der Waals surface area contributed by atoms with Gasteiger partial charge in [0.05, 0.1) is 14.2 Å². The van der Waals surface area contributed by atoms with Gasteiger partial charge in [-0.3, -0.25) is 0 Å². The molecule has 0 spiro atoms. The first-order valence-corrected chi connectivity index (χ1v) is 8.04. The number of methoxy groups -OCH3 is 2. The molecule has 118 valence electrons. The van der Waals surface area contributed by atoms with Gasteiger partial charge in [0.15, 0.2) is 0 Å². The fourth-order valence-electron chi connectivity index (χ4n) is 3.05. The highest BCUT2D eigenvalue weighted by molar-refractivity contribution is 6.18. The predicted octanol–water partition coefficient (Wildman–Crippen LogP) is 5.16. The van der Waals surface area contributed by atoms with E-state index in [1.807, 2.05) is 24.3 Å². The number of fused-ring (bicyclic) bond motifs is 1. The highest BCUT2D eigenvalue weighted by Gasteiger charge is 2.26. The molecule has 2 aromatic rings. The molecule has 2 aromatic carbocycles. The molecule has 0 aromatic heterocycles. The van der Waals surface area contributed by atoms with Crippen molar-refractivity contribution < 1.29 is 9.47 Å². The van der Waals surface area contributed by atoms with E-state index >= 15 is 0 Å². The second-order valence-electron chi connectivity index (χ2n) is 5.41. The molecule has 0 saturated carbocycles. The van der Waals surface area contributed by atoms with Crippen molar-refractivity contribution in [2.75, 3.05) is 20.1 Å². The molecule has 1 aliphatic rings. The number of allylic oxidation sites excluding steroid dienone is 2. The van der Waals surface area contributed by atoms with Crippen LogP contribution in [0.25, 0.3) is 11.1 Å². The lowest BCUT2D eigenvalue weighted by Crippen LogP contribution is -1.91. The molecule has 23 heavy (non-hydrogen) atoms. The third-order valence-electron chi connectivity index (χ3n) is 4.21. The molecule has 0 saturated heterocycles. The number of benzene rings is 2. The molecule has 3 heteroatoms. The fraction of sp³-hybridized carbons (Fsp3) is 0.200. The molecule has 0 heterocycles. The van der Waals surface area contributed by atoms with Crippen LogP contribution in [0.15, 0.2) is 54.6 Å². The van der Waals surface area contributed by atoms with Crippen LogP contribution < -0.4 is 9.47 Å². The minimum atomic E-state index is 0.569. The van der Waals surface area contributed by atoms with Crippen LogP contribution in [0.1, 0.15) is 23.1 Å². The zero-order valence-electron chi connectivity index (χ0n) is 13.4. The van der Waals surface area contributed by atoms with Crippen molar-refractivity contribution in [2.24, 2.45) is 0 Å². The average Bonchev–Trinajstić information content (AvgIpc) is 2.87. The summed E-state index contributed by atoms with van der Waals surface area (Å²) >= 11 is 6.03. The van der Waals surface area contributed by atoms with E-state index in [0.29, 0.717) is 5.88 Å². The summed E-state index contributed by atoms with van der Waals surface area (Å²) in [4.78, 5) is 0. The first-order chi connectivity index (χ1) is 11.2. The van der Waals surface area contributed by atoms with E-state index in [0.717, 1.165) is 34.6 Å². The lowest BCUT2D eigenvalue weighted by atomic mass is 9.96. The maximum atomic E-state index is 6.03. The number of alkyl halides is 1. The molecule has 2 nitrogen and oxygen atoms in total. The van der Waals surface area contributed by atoms with Gasteiger partial charge in [0, 0.05) is 5.88 Å². The van der Waals surface area contributed by atoms with Gasteiger partial charge in [-0.25, -0.2) is 0 Å². The van der Waals surface area contributed by atoms with Crippen molar-refractivity contribution in [3.8, 4) is 11.5 Å². The van der Waals surface area contributed by atoms with Crippen molar-refractivity contribution in [3.05, 3.63) is 71.3 Å². The van der Waals surface area contributed by atoms with Gasteiger partial charge in [-0.2, -0.15) is 0 Å². The zero-order chi connectivity index (χ0) is 16.4. The minimum absolute atomic E-state index is 0.569. The van der Waals surface area contributed by atoms with Gasteiger partial charge in [0.2, 0.25) is 0 Å². The quantitative estimate of drug-likeness (QED) is 0.706. The smallest absolute Gasteiger partial charge is 0.119 e. The van der Waals surface area contributed by atoms with Crippen molar-refractivity contribution in [1.29, 1.82) is 0 Å². The zero-order valence-corrected chi connectivity index (χ0v) is 14.1. The van der Waals surface area contributed by atoms with Crippen LogP contribution in [-0.4, -0.2) is 20.1 Å². The van der Waals surface area contributed by atoms with Gasteiger partial charge in [0.1, 0.15) is 11.5 Å². The van der Waals surface area contributed by atoms with Crippen molar-refractivity contribution >= 4 is 22.7 Å². The van der Waals surface area contributed by atoms with Crippen LogP contribution in [0.4, 0.5) is 0 Å². The monoisotopic (exact) mass is 326 g/mol. The summed E-state index contributed by atoms with van der Waals surface area (Å²) in [7, 11) is 3.35. The molecular formula is C20H19ClO2. The van der Waals surface area contributed by atoms with E-state index in [2.05, 4.69) is 24.8 Å². The van der Waals surface area contributed by atoms with Gasteiger partial charge in [-0.15, -0.1) is 11.6 Å². The lowest BCUT2D eigenvalue weighted by Gasteiger charge is -2.10. The molecule has 0 atom stereocenters. The third-order valence-corrected chi connectivity index (χ3v) is 4.40. The highest BCUT2D eigenvalue weighted by atomic mass is 35.5. The highest BCUT2D eigenvalue weighted by Crippen LogP contribution is 2.46. The minimum Gasteiger partial charge on any atom is -0.497 e. The van der Waals surface area contributed by atoms with E-state index in [4.69, 9.17) is 21.1 Å². The van der Waals surface area contributed by atoms with Crippen LogP contribution >= 0.6 is 11.6 Å². The fourth-order valence-corrected chi connectivity index (χ4v) is 3.24. The van der Waals surface area contributed by atoms with Gasteiger partial charge in [-0.05, 0) is 64.1 Å². The van der Waals surface area contributed by atoms with E-state index in [9.17, 15) is 0 Å². The molecule has 0 amide bonds. The van der Waals surface area contributed by atoms with Crippen LogP contribution in [0, 0.1) is 0 Å². The Labute approximate surface area is 142 Å². The Kier molecular flexibility index (Phi) is 4.44. The molecule has 0 aliphatic heterocycles. The summed E-state index contributed by atoms with van der Waals surface area (Å²) in [5, 5.41) is 0. The number of hydrogen-bond donors (Lipinski definition) is 0. The van der Waals surface area contributed by atoms with E-state index in [-0.39, 0.29) is 0 Å². The predicted molar refractivity (Wildman–Crippen MR) is 96.4 cm³/mol. The average molecular weight is 327 g/mol. The Morgan fingerprint density at radius 1 is 0.913 bits per heavy atom. The molecular weight excluding hydrogens is 308 g/mol. The third kappa shape index (κ3) is 2.75. The van der Waals surface area contributed by atoms with Crippen LogP contribution in [0.2, 0.25) is 0 Å². The van der Waals surface area contributed by atoms with Gasteiger partial charge >= 0.3 is 0 Å². The molecule has 3 rings (SSSR count). The SMILES string of the molecule is C=C1C(CCCl)=C(c2ccc(OC)cc2)c2ccc(OC)cc21. The summed E-state index contributed by atoms with van der Waals surface area (Å²) < 4.78 is 10.6. The van der Waals surface area contributed by atoms with Crippen LogP contribution in [0.5, 0.6) is 11.5 Å². The largest absolute Gasteiger partial charge is 0.497 e. The van der Waals surface area contributed by atoms with Crippen LogP contribution in [-0.2, 0) is 0 Å². The second-order valence-corrected chi connectivity index (χ2v) is 5.79. The Balaban J connectivity index is 2.15. The Morgan fingerprint density at radius 3 is 2.17 bits per heavy atom. The first kappa shape index (κ1) is 15.7. The number of ether oxygens (including phenoxy) is 2.